The summed E-state index contributed by atoms with van der Waals surface area (Å²) in [5, 5.41) is 19.0. The quantitative estimate of drug-likeness (QED) is 0.918. The van der Waals surface area contributed by atoms with E-state index in [-0.39, 0.29) is 0 Å². The molecule has 102 valence electrons. The molecule has 1 saturated carbocycles. The molecule has 0 bridgehead atoms. The first-order chi connectivity index (χ1) is 9.17. The molecule has 1 fully saturated rings. The summed E-state index contributed by atoms with van der Waals surface area (Å²) in [5.74, 6) is 0.777. The van der Waals surface area contributed by atoms with E-state index in [4.69, 9.17) is 0 Å². The zero-order chi connectivity index (χ0) is 13.4. The van der Waals surface area contributed by atoms with Gasteiger partial charge in [-0.1, -0.05) is 0 Å². The van der Waals surface area contributed by atoms with Crippen molar-refractivity contribution in [3.05, 3.63) is 34.3 Å². The predicted octanol–water partition coefficient (Wildman–Crippen LogP) is 2.35. The van der Waals surface area contributed by atoms with Crippen LogP contribution in [0, 0.1) is 5.92 Å². The molecule has 19 heavy (non-hydrogen) atoms. The minimum atomic E-state index is -0.678. The highest BCUT2D eigenvalue weighted by molar-refractivity contribution is 9.10. The molecule has 1 atom stereocenters. The number of nitrogens with zero attached hydrogens (tertiary/aromatic N) is 4. The van der Waals surface area contributed by atoms with Gasteiger partial charge in [0.25, 0.3) is 0 Å². The van der Waals surface area contributed by atoms with E-state index in [9.17, 15) is 5.11 Å². The van der Waals surface area contributed by atoms with Crippen LogP contribution in [0.2, 0.25) is 0 Å². The lowest BCUT2D eigenvalue weighted by molar-refractivity contribution is 0.219. The Morgan fingerprint density at radius 1 is 1.42 bits per heavy atom. The summed E-state index contributed by atoms with van der Waals surface area (Å²) < 4.78 is 4.42. The molecular weight excluding hydrogens is 308 g/mol. The molecule has 6 heteroatoms. The van der Waals surface area contributed by atoms with Crippen molar-refractivity contribution in [1.82, 2.24) is 19.6 Å². The van der Waals surface area contributed by atoms with Crippen LogP contribution in [0.4, 0.5) is 0 Å². The van der Waals surface area contributed by atoms with Crippen LogP contribution in [-0.2, 0) is 13.1 Å². The average molecular weight is 325 g/mol. The Morgan fingerprint density at radius 2 is 2.21 bits per heavy atom. The standard InChI is InChI=1S/C13H17BrN4O/c1-2-17-8-11(13(14)16-17)12(19)10-5-15-18(7-10)6-9-3-4-9/h5,7-9,12,19H,2-4,6H2,1H3. The second kappa shape index (κ2) is 5.09. The molecule has 0 amide bonds. The summed E-state index contributed by atoms with van der Waals surface area (Å²) >= 11 is 3.39. The van der Waals surface area contributed by atoms with Gasteiger partial charge in [0.2, 0.25) is 0 Å². The van der Waals surface area contributed by atoms with Crippen LogP contribution in [0.3, 0.4) is 0 Å². The highest BCUT2D eigenvalue weighted by atomic mass is 79.9. The minimum absolute atomic E-state index is 0.678. The number of rotatable bonds is 5. The summed E-state index contributed by atoms with van der Waals surface area (Å²) in [6.07, 6.45) is 7.45. The SMILES string of the molecule is CCn1cc(C(O)c2cnn(CC3CC3)c2)c(Br)n1. The van der Waals surface area contributed by atoms with Crippen molar-refractivity contribution in [2.24, 2.45) is 5.92 Å². The minimum Gasteiger partial charge on any atom is -0.383 e. The molecule has 2 aromatic rings. The molecule has 2 aromatic heterocycles. The van der Waals surface area contributed by atoms with Crippen molar-refractivity contribution >= 4 is 15.9 Å². The van der Waals surface area contributed by atoms with Crippen LogP contribution in [0.15, 0.2) is 23.2 Å². The molecule has 0 radical (unpaired) electrons. The topological polar surface area (TPSA) is 55.9 Å². The normalized spacial score (nSPS) is 16.8. The van der Waals surface area contributed by atoms with Crippen LogP contribution in [-0.4, -0.2) is 24.7 Å². The van der Waals surface area contributed by atoms with Crippen molar-refractivity contribution in [3.63, 3.8) is 0 Å². The first-order valence-corrected chi connectivity index (χ1v) is 7.40. The van der Waals surface area contributed by atoms with Gasteiger partial charge < -0.3 is 5.11 Å². The third-order valence-electron chi connectivity index (χ3n) is 3.47. The largest absolute Gasteiger partial charge is 0.383 e. The third kappa shape index (κ3) is 2.74. The van der Waals surface area contributed by atoms with E-state index in [2.05, 4.69) is 26.1 Å². The third-order valence-corrected chi connectivity index (χ3v) is 4.09. The molecule has 1 unspecified atom stereocenters. The maximum atomic E-state index is 10.4. The van der Waals surface area contributed by atoms with Gasteiger partial charge in [-0.3, -0.25) is 9.36 Å². The Bertz CT molecular complexity index is 573. The number of halogens is 1. The lowest BCUT2D eigenvalue weighted by Crippen LogP contribution is -2.01. The van der Waals surface area contributed by atoms with Gasteiger partial charge in [0.1, 0.15) is 10.7 Å². The molecule has 0 saturated heterocycles. The van der Waals surface area contributed by atoms with Gasteiger partial charge in [0.05, 0.1) is 6.20 Å². The van der Waals surface area contributed by atoms with Crippen molar-refractivity contribution in [3.8, 4) is 0 Å². The van der Waals surface area contributed by atoms with Gasteiger partial charge >= 0.3 is 0 Å². The zero-order valence-electron chi connectivity index (χ0n) is 10.8. The zero-order valence-corrected chi connectivity index (χ0v) is 12.4. The molecule has 1 N–H and O–H groups in total. The molecule has 2 heterocycles. The van der Waals surface area contributed by atoms with Crippen molar-refractivity contribution in [2.75, 3.05) is 0 Å². The van der Waals surface area contributed by atoms with E-state index in [1.54, 1.807) is 10.9 Å². The number of aliphatic hydroxyl groups is 1. The Kier molecular flexibility index (Phi) is 3.45. The molecule has 5 nitrogen and oxygen atoms in total. The van der Waals surface area contributed by atoms with E-state index in [0.717, 1.165) is 30.1 Å². The van der Waals surface area contributed by atoms with E-state index in [1.165, 1.54) is 12.8 Å². The molecule has 1 aliphatic carbocycles. The molecule has 0 spiro atoms. The maximum Gasteiger partial charge on any atom is 0.134 e. The Hall–Kier alpha value is -1.14. The van der Waals surface area contributed by atoms with Gasteiger partial charge in [0, 0.05) is 36.6 Å². The summed E-state index contributed by atoms with van der Waals surface area (Å²) in [4.78, 5) is 0. The first kappa shape index (κ1) is 12.9. The number of aryl methyl sites for hydroxylation is 1. The van der Waals surface area contributed by atoms with Gasteiger partial charge in [0.15, 0.2) is 0 Å². The fourth-order valence-corrected chi connectivity index (χ4v) is 2.65. The summed E-state index contributed by atoms with van der Waals surface area (Å²) in [7, 11) is 0. The number of aromatic nitrogens is 4. The van der Waals surface area contributed by atoms with E-state index >= 15 is 0 Å². The van der Waals surface area contributed by atoms with Gasteiger partial charge in [-0.2, -0.15) is 10.2 Å². The second-order valence-corrected chi connectivity index (χ2v) is 5.82. The van der Waals surface area contributed by atoms with Gasteiger partial charge in [-0.25, -0.2) is 0 Å². The maximum absolute atomic E-state index is 10.4. The van der Waals surface area contributed by atoms with Crippen LogP contribution in [0.1, 0.15) is 37.0 Å². The molecular formula is C13H17BrN4O. The average Bonchev–Trinajstić information content (AvgIpc) is 2.95. The molecule has 3 rings (SSSR count). The van der Waals surface area contributed by atoms with Crippen LogP contribution < -0.4 is 0 Å². The summed E-state index contributed by atoms with van der Waals surface area (Å²) in [5.41, 5.74) is 1.60. The number of hydrogen-bond acceptors (Lipinski definition) is 3. The first-order valence-electron chi connectivity index (χ1n) is 6.60. The summed E-state index contributed by atoms with van der Waals surface area (Å²) in [6, 6.07) is 0. The van der Waals surface area contributed by atoms with Crippen LogP contribution >= 0.6 is 15.9 Å². The van der Waals surface area contributed by atoms with Crippen LogP contribution in [0.5, 0.6) is 0 Å². The fourth-order valence-electron chi connectivity index (χ4n) is 2.12. The number of hydrogen-bond donors (Lipinski definition) is 1. The highest BCUT2D eigenvalue weighted by Gasteiger charge is 2.23. The Balaban J connectivity index is 1.79. The van der Waals surface area contributed by atoms with Gasteiger partial charge in [-0.05, 0) is 41.6 Å². The van der Waals surface area contributed by atoms with E-state index in [1.807, 2.05) is 24.0 Å². The fraction of sp³-hybridized carbons (Fsp3) is 0.538. The van der Waals surface area contributed by atoms with Crippen LogP contribution in [0.25, 0.3) is 0 Å². The lowest BCUT2D eigenvalue weighted by Gasteiger charge is -2.05. The van der Waals surface area contributed by atoms with E-state index < -0.39 is 6.10 Å². The Labute approximate surface area is 120 Å². The van der Waals surface area contributed by atoms with Crippen molar-refractivity contribution in [1.29, 1.82) is 0 Å². The van der Waals surface area contributed by atoms with Crippen molar-refractivity contribution < 1.29 is 5.11 Å². The number of aliphatic hydroxyl groups excluding tert-OH is 1. The summed E-state index contributed by atoms with van der Waals surface area (Å²) in [6.45, 7) is 3.76. The van der Waals surface area contributed by atoms with Gasteiger partial charge in [-0.15, -0.1) is 0 Å². The molecule has 1 aliphatic rings. The molecule has 0 aromatic carbocycles. The van der Waals surface area contributed by atoms with E-state index in [0.29, 0.717) is 4.60 Å². The lowest BCUT2D eigenvalue weighted by atomic mass is 10.1. The second-order valence-electron chi connectivity index (χ2n) is 5.07. The monoisotopic (exact) mass is 324 g/mol. The Morgan fingerprint density at radius 3 is 2.84 bits per heavy atom. The highest BCUT2D eigenvalue weighted by Crippen LogP contribution is 2.31. The molecule has 0 aliphatic heterocycles. The smallest absolute Gasteiger partial charge is 0.134 e. The predicted molar refractivity (Wildman–Crippen MR) is 74.6 cm³/mol. The van der Waals surface area contributed by atoms with Crippen molar-refractivity contribution in [2.45, 2.75) is 39.0 Å².